The fraction of sp³-hybridized carbons (Fsp3) is 0.758. The summed E-state index contributed by atoms with van der Waals surface area (Å²) < 4.78 is 31.9. The summed E-state index contributed by atoms with van der Waals surface area (Å²) in [6.45, 7) is 7.61. The van der Waals surface area contributed by atoms with E-state index in [1.165, 1.54) is 23.5 Å². The van der Waals surface area contributed by atoms with Crippen LogP contribution in [0, 0.1) is 0 Å². The Balaban J connectivity index is 1.05. The van der Waals surface area contributed by atoms with Crippen LogP contribution < -0.4 is 4.74 Å². The highest BCUT2D eigenvalue weighted by Gasteiger charge is 2.63. The van der Waals surface area contributed by atoms with Crippen LogP contribution >= 0.6 is 23.5 Å². The van der Waals surface area contributed by atoms with E-state index in [0.717, 1.165) is 82.1 Å². The van der Waals surface area contributed by atoms with Gasteiger partial charge in [-0.1, -0.05) is 24.3 Å². The molecule has 0 saturated carbocycles. The number of benzene rings is 1. The largest absolute Gasteiger partial charge is 0.497 e. The van der Waals surface area contributed by atoms with Crippen molar-refractivity contribution in [2.45, 2.75) is 131 Å². The molecule has 0 amide bonds. The zero-order valence-electron chi connectivity index (χ0n) is 25.1. The summed E-state index contributed by atoms with van der Waals surface area (Å²) in [5.74, 6) is 1.76. The molecular weight excluding hydrogens is 556 g/mol. The third kappa shape index (κ3) is 8.25. The Morgan fingerprint density at radius 2 is 1.80 bits per heavy atom. The molecule has 5 rings (SSSR count). The van der Waals surface area contributed by atoms with Gasteiger partial charge in [-0.3, -0.25) is 0 Å². The lowest BCUT2D eigenvalue weighted by Crippen LogP contribution is -2.60. The van der Waals surface area contributed by atoms with Crippen LogP contribution in [0.4, 0.5) is 0 Å². The van der Waals surface area contributed by atoms with Crippen molar-refractivity contribution in [1.29, 1.82) is 0 Å². The van der Waals surface area contributed by atoms with Gasteiger partial charge in [0.05, 0.1) is 30.5 Å². The Morgan fingerprint density at radius 1 is 1.00 bits per heavy atom. The molecule has 2 spiro atoms. The molecule has 6 nitrogen and oxygen atoms in total. The second kappa shape index (κ2) is 14.4. The van der Waals surface area contributed by atoms with Gasteiger partial charge in [0.25, 0.3) is 0 Å². The summed E-state index contributed by atoms with van der Waals surface area (Å²) in [7, 11) is 1.68. The van der Waals surface area contributed by atoms with Gasteiger partial charge in [0.15, 0.2) is 5.79 Å². The van der Waals surface area contributed by atoms with Crippen LogP contribution in [0.15, 0.2) is 36.4 Å². The average Bonchev–Trinajstić information content (AvgIpc) is 3.32. The summed E-state index contributed by atoms with van der Waals surface area (Å²) >= 11 is 4.17. The predicted molar refractivity (Wildman–Crippen MR) is 167 cm³/mol. The minimum atomic E-state index is -1.03. The molecule has 1 aromatic carbocycles. The molecule has 0 unspecified atom stereocenters. The van der Waals surface area contributed by atoms with Crippen LogP contribution in [0.1, 0.15) is 96.0 Å². The zero-order chi connectivity index (χ0) is 28.8. The lowest BCUT2D eigenvalue weighted by atomic mass is 9.82. The van der Waals surface area contributed by atoms with Crippen molar-refractivity contribution in [3.05, 3.63) is 42.0 Å². The Morgan fingerprint density at radius 3 is 2.59 bits per heavy atom. The van der Waals surface area contributed by atoms with Crippen molar-refractivity contribution >= 4 is 23.5 Å². The highest BCUT2D eigenvalue weighted by atomic mass is 32.2. The molecule has 4 saturated heterocycles. The van der Waals surface area contributed by atoms with Crippen LogP contribution in [0.5, 0.6) is 5.75 Å². The van der Waals surface area contributed by atoms with E-state index in [4.69, 9.17) is 23.7 Å². The van der Waals surface area contributed by atoms with Gasteiger partial charge in [0.1, 0.15) is 11.4 Å². The lowest BCUT2D eigenvalue weighted by molar-refractivity contribution is -0.400. The Labute approximate surface area is 255 Å². The van der Waals surface area contributed by atoms with Crippen LogP contribution in [-0.2, 0) is 25.6 Å². The van der Waals surface area contributed by atoms with Crippen molar-refractivity contribution in [1.82, 2.24) is 0 Å². The van der Waals surface area contributed by atoms with Crippen molar-refractivity contribution < 1.29 is 28.8 Å². The number of methoxy groups -OCH3 is 1. The molecule has 4 aliphatic heterocycles. The average molecular weight is 607 g/mol. The van der Waals surface area contributed by atoms with Crippen molar-refractivity contribution in [2.75, 3.05) is 25.2 Å². The Bertz CT molecular complexity index is 980. The van der Waals surface area contributed by atoms with Gasteiger partial charge in [-0.25, -0.2) is 0 Å². The first-order valence-electron chi connectivity index (χ1n) is 15.7. The van der Waals surface area contributed by atoms with Gasteiger partial charge in [0, 0.05) is 25.9 Å². The number of unbranched alkanes of at least 4 members (excludes halogenated alkanes) is 1. The molecule has 4 aliphatic rings. The first kappa shape index (κ1) is 31.7. The van der Waals surface area contributed by atoms with Crippen LogP contribution in [0.3, 0.4) is 0 Å². The number of rotatable bonds is 12. The number of aliphatic hydroxyl groups is 1. The van der Waals surface area contributed by atoms with Gasteiger partial charge >= 0.3 is 0 Å². The van der Waals surface area contributed by atoms with E-state index in [9.17, 15) is 5.11 Å². The molecule has 4 heterocycles. The van der Waals surface area contributed by atoms with E-state index >= 15 is 0 Å². The third-order valence-corrected chi connectivity index (χ3v) is 12.1. The van der Waals surface area contributed by atoms with Gasteiger partial charge in [-0.2, -0.15) is 0 Å². The molecule has 1 N–H and O–H groups in total. The minimum absolute atomic E-state index is 0.0126. The molecule has 0 aromatic heterocycles. The van der Waals surface area contributed by atoms with Crippen molar-refractivity contribution in [3.63, 3.8) is 0 Å². The van der Waals surface area contributed by atoms with E-state index in [-0.39, 0.29) is 12.2 Å². The van der Waals surface area contributed by atoms with Gasteiger partial charge in [-0.15, -0.1) is 23.5 Å². The van der Waals surface area contributed by atoms with Crippen LogP contribution in [-0.4, -0.2) is 64.3 Å². The molecule has 4 fully saturated rings. The highest BCUT2D eigenvalue weighted by molar-refractivity contribution is 8.17. The van der Waals surface area contributed by atoms with Crippen LogP contribution in [0.2, 0.25) is 0 Å². The van der Waals surface area contributed by atoms with E-state index in [1.54, 1.807) is 7.11 Å². The van der Waals surface area contributed by atoms with E-state index < -0.39 is 17.2 Å². The first-order chi connectivity index (χ1) is 19.8. The maximum atomic E-state index is 11.5. The maximum absolute atomic E-state index is 11.5. The topological polar surface area (TPSA) is 66.4 Å². The number of thioether (sulfide) groups is 2. The number of hydrogen-bond acceptors (Lipinski definition) is 8. The summed E-state index contributed by atoms with van der Waals surface area (Å²) in [4.78, 5) is 0. The van der Waals surface area contributed by atoms with Crippen molar-refractivity contribution in [3.8, 4) is 5.75 Å². The Kier molecular flexibility index (Phi) is 11.1. The molecular formula is C33H50O6S2. The second-order valence-corrected chi connectivity index (χ2v) is 15.4. The zero-order valence-corrected chi connectivity index (χ0v) is 26.7. The van der Waals surface area contributed by atoms with E-state index in [1.807, 2.05) is 31.2 Å². The summed E-state index contributed by atoms with van der Waals surface area (Å²) in [5.41, 5.74) is 1.33. The quantitative estimate of drug-likeness (QED) is 0.193. The molecule has 0 radical (unpaired) electrons. The smallest absolute Gasteiger partial charge is 0.200 e. The minimum Gasteiger partial charge on any atom is -0.497 e. The molecule has 8 heteroatoms. The molecule has 1 aromatic rings. The van der Waals surface area contributed by atoms with E-state index in [2.05, 4.69) is 30.1 Å². The highest BCUT2D eigenvalue weighted by Crippen LogP contribution is 2.54. The second-order valence-electron chi connectivity index (χ2n) is 12.5. The van der Waals surface area contributed by atoms with E-state index in [0.29, 0.717) is 24.0 Å². The summed E-state index contributed by atoms with van der Waals surface area (Å²) in [6.07, 6.45) is 12.5. The monoisotopic (exact) mass is 606 g/mol. The fourth-order valence-electron chi connectivity index (χ4n) is 6.70. The maximum Gasteiger partial charge on any atom is 0.200 e. The summed E-state index contributed by atoms with van der Waals surface area (Å²) in [6, 6.07) is 8.01. The van der Waals surface area contributed by atoms with Crippen LogP contribution in [0.25, 0.3) is 0 Å². The van der Waals surface area contributed by atoms with Gasteiger partial charge in [0.2, 0.25) is 5.79 Å². The molecule has 5 atom stereocenters. The molecule has 41 heavy (non-hydrogen) atoms. The first-order valence-corrected chi connectivity index (χ1v) is 17.8. The molecule has 0 aliphatic carbocycles. The fourth-order valence-corrected chi connectivity index (χ4v) is 9.69. The Hall–Kier alpha value is -0.740. The SMILES string of the molecule is C=C(CCCCOCc1ccc(OC)cc1)C[C@H]1CC[C@](C)(O)[C@@]2(CC[C@]3(CCC[C@@H](CC4SCCCS4)O3)O2)O1. The number of ether oxygens (including phenoxy) is 5. The number of hydrogen-bond donors (Lipinski definition) is 1. The standard InChI is InChI=1S/C33H50O6S2/c1-25(8-4-5-19-36-24-26-10-12-27(35-3)13-11-26)22-29-14-16-31(2,34)33(38-29)18-17-32(39-33)15-6-9-28(37-32)23-30-40-20-7-21-41-30/h10-13,28-30,34H,1,4-9,14-24H2,2-3H3/t28-,29+,31-,32-,33-/m0/s1. The molecule has 0 bridgehead atoms. The normalized spacial score (nSPS) is 34.3. The predicted octanol–water partition coefficient (Wildman–Crippen LogP) is 7.62. The summed E-state index contributed by atoms with van der Waals surface area (Å²) in [5, 5.41) is 11.5. The third-order valence-electron chi connectivity index (χ3n) is 9.15. The van der Waals surface area contributed by atoms with Crippen molar-refractivity contribution in [2.24, 2.45) is 0 Å². The molecule has 230 valence electrons. The lowest BCUT2D eigenvalue weighted by Gasteiger charge is -2.50. The van der Waals surface area contributed by atoms with Gasteiger partial charge < -0.3 is 28.8 Å². The van der Waals surface area contributed by atoms with Gasteiger partial charge in [-0.05, 0) is 100 Å².